The van der Waals surface area contributed by atoms with Gasteiger partial charge in [0, 0.05) is 10.2 Å². The predicted octanol–water partition coefficient (Wildman–Crippen LogP) is -0.352. The topological polar surface area (TPSA) is 0 Å². The van der Waals surface area contributed by atoms with Gasteiger partial charge >= 0.3 is 0 Å². The molecule has 0 unspecified atom stereocenters. The molecule has 0 saturated heterocycles. The van der Waals surface area contributed by atoms with E-state index in [1.807, 2.05) is 5.70 Å². The smallest absolute Gasteiger partial charge is 0.0283 e. The summed E-state index contributed by atoms with van der Waals surface area (Å²) in [7, 11) is 1.13. The lowest BCUT2D eigenvalue weighted by Crippen LogP contribution is -1.29. The van der Waals surface area contributed by atoms with Crippen molar-refractivity contribution >= 4 is 10.2 Å². The van der Waals surface area contributed by atoms with Crippen molar-refractivity contribution in [2.24, 2.45) is 0 Å². The highest BCUT2D eigenvalue weighted by Crippen LogP contribution is 1.24. The van der Waals surface area contributed by atoms with E-state index in [-0.39, 0.29) is 4.70 Å². The molecule has 0 fully saturated rings. The summed E-state index contributed by atoms with van der Waals surface area (Å²) in [4.78, 5) is 0. The van der Waals surface area contributed by atoms with Gasteiger partial charge in [0.2, 0.25) is 0 Å². The molecule has 0 rings (SSSR count). The van der Waals surface area contributed by atoms with Crippen molar-refractivity contribution in [1.82, 2.24) is 0 Å². The zero-order valence-electron chi connectivity index (χ0n) is 2.69. The molecule has 0 heterocycles. The molecule has 0 aromatic heterocycles. The molecular weight excluding hydrogens is 71.1 g/mol. The average Bonchev–Trinajstić information content (AvgIpc) is 0.918. The minimum absolute atomic E-state index is 0. The van der Waals surface area contributed by atoms with E-state index in [9.17, 15) is 0 Å². The van der Waals surface area contributed by atoms with Gasteiger partial charge in [0.05, 0.1) is 0 Å². The molecule has 0 spiro atoms. The molecule has 0 aliphatic heterocycles. The molecule has 0 aromatic rings. The maximum Gasteiger partial charge on any atom is 0.0283 e. The Bertz CT molecular complexity index is 13.5. The Morgan fingerprint density at radius 3 is 1.75 bits per heavy atom. The van der Waals surface area contributed by atoms with Crippen LogP contribution in [0.2, 0.25) is 0 Å². The van der Waals surface area contributed by atoms with Gasteiger partial charge in [-0.05, 0) is 0 Å². The Labute approximate surface area is 28.3 Å². The Morgan fingerprint density at radius 1 is 1.75 bits per heavy atom. The van der Waals surface area contributed by atoms with Crippen molar-refractivity contribution < 1.29 is 4.70 Å². The molecular formula is C2H7FSi. The third-order valence-electron chi connectivity index (χ3n) is 0. The standard InChI is InChI=1S/C2H6Si.FH/c1-2-3;/h2H,1H2,3H3;1H. The average molecular weight is 78.2 g/mol. The van der Waals surface area contributed by atoms with Gasteiger partial charge in [-0.25, -0.2) is 0 Å². The van der Waals surface area contributed by atoms with E-state index in [4.69, 9.17) is 0 Å². The molecule has 0 bridgehead atoms. The van der Waals surface area contributed by atoms with Crippen LogP contribution >= 0.6 is 0 Å². The number of hydrogen-bond acceptors (Lipinski definition) is 0. The van der Waals surface area contributed by atoms with Crippen LogP contribution in [0.4, 0.5) is 4.70 Å². The summed E-state index contributed by atoms with van der Waals surface area (Å²) in [5, 5.41) is 0. The van der Waals surface area contributed by atoms with Gasteiger partial charge in [-0.15, -0.1) is 12.3 Å². The van der Waals surface area contributed by atoms with Crippen LogP contribution < -0.4 is 0 Å². The lowest BCUT2D eigenvalue weighted by molar-refractivity contribution is 1.11. The second kappa shape index (κ2) is 13.1. The van der Waals surface area contributed by atoms with Crippen LogP contribution in [0.1, 0.15) is 0 Å². The van der Waals surface area contributed by atoms with E-state index in [0.717, 1.165) is 10.2 Å². The van der Waals surface area contributed by atoms with Gasteiger partial charge in [0.25, 0.3) is 0 Å². The zero-order chi connectivity index (χ0) is 2.71. The van der Waals surface area contributed by atoms with Gasteiger partial charge in [0.1, 0.15) is 0 Å². The molecule has 0 aliphatic carbocycles. The van der Waals surface area contributed by atoms with Crippen molar-refractivity contribution in [2.75, 3.05) is 0 Å². The quantitative estimate of drug-likeness (QED) is 0.347. The maximum absolute atomic E-state index is 3.42. The highest BCUT2D eigenvalue weighted by molar-refractivity contribution is 6.16. The number of hydrogen-bond donors (Lipinski definition) is 0. The van der Waals surface area contributed by atoms with Crippen molar-refractivity contribution in [2.45, 2.75) is 0 Å². The predicted molar refractivity (Wildman–Crippen MR) is 22.6 cm³/mol. The molecule has 4 heavy (non-hydrogen) atoms. The van der Waals surface area contributed by atoms with Crippen LogP contribution in [0.15, 0.2) is 12.3 Å². The minimum Gasteiger partial charge on any atom is -0.269 e. The Hall–Kier alpha value is -0.113. The highest BCUT2D eigenvalue weighted by Gasteiger charge is 1.16. The van der Waals surface area contributed by atoms with Crippen molar-refractivity contribution in [1.29, 1.82) is 0 Å². The first-order chi connectivity index (χ1) is 1.41. The second-order valence-corrected chi connectivity index (χ2v) is 1.22. The van der Waals surface area contributed by atoms with Crippen LogP contribution in [0.25, 0.3) is 0 Å². The molecule has 0 radical (unpaired) electrons. The van der Waals surface area contributed by atoms with Gasteiger partial charge in [0.15, 0.2) is 0 Å². The molecule has 0 saturated carbocycles. The Morgan fingerprint density at radius 2 is 1.75 bits per heavy atom. The van der Waals surface area contributed by atoms with Crippen molar-refractivity contribution in [3.8, 4) is 0 Å². The van der Waals surface area contributed by atoms with E-state index in [2.05, 4.69) is 6.58 Å². The van der Waals surface area contributed by atoms with Gasteiger partial charge in [-0.1, -0.05) is 0 Å². The third-order valence-corrected chi connectivity index (χ3v) is 0. The van der Waals surface area contributed by atoms with Crippen LogP contribution in [-0.4, -0.2) is 10.2 Å². The SMILES string of the molecule is C=C[SiH3].F. The van der Waals surface area contributed by atoms with E-state index in [0.29, 0.717) is 0 Å². The molecule has 0 aliphatic rings. The summed E-state index contributed by atoms with van der Waals surface area (Å²) >= 11 is 0. The summed E-state index contributed by atoms with van der Waals surface area (Å²) in [6.45, 7) is 3.42. The van der Waals surface area contributed by atoms with Gasteiger partial charge in [-0.2, -0.15) is 0 Å². The molecule has 26 valence electrons. The summed E-state index contributed by atoms with van der Waals surface area (Å²) < 4.78 is 0. The molecule has 0 amide bonds. The third kappa shape index (κ3) is 116. The Kier molecular flexibility index (Phi) is 29.7. The van der Waals surface area contributed by atoms with Crippen LogP contribution in [0.5, 0.6) is 0 Å². The van der Waals surface area contributed by atoms with E-state index in [1.165, 1.54) is 0 Å². The minimum atomic E-state index is 0. The summed E-state index contributed by atoms with van der Waals surface area (Å²) in [6, 6.07) is 0. The second-order valence-electron chi connectivity index (χ2n) is 0.408. The molecule has 0 nitrogen and oxygen atoms in total. The normalized spacial score (nSPS) is 4.00. The van der Waals surface area contributed by atoms with E-state index in [1.54, 1.807) is 0 Å². The summed E-state index contributed by atoms with van der Waals surface area (Å²) in [5.74, 6) is 0. The maximum atomic E-state index is 3.42. The highest BCUT2D eigenvalue weighted by atomic mass is 28.1. The fourth-order valence-corrected chi connectivity index (χ4v) is 0. The van der Waals surface area contributed by atoms with E-state index < -0.39 is 0 Å². The van der Waals surface area contributed by atoms with Crippen LogP contribution in [-0.2, 0) is 0 Å². The van der Waals surface area contributed by atoms with Gasteiger partial charge < -0.3 is 0 Å². The van der Waals surface area contributed by atoms with E-state index >= 15 is 0 Å². The first kappa shape index (κ1) is 9.10. The van der Waals surface area contributed by atoms with Crippen molar-refractivity contribution in [3.63, 3.8) is 0 Å². The fourth-order valence-electron chi connectivity index (χ4n) is 0. The monoisotopic (exact) mass is 78.0 g/mol. The lowest BCUT2D eigenvalue weighted by Gasteiger charge is -1.29. The largest absolute Gasteiger partial charge is 0.269 e. The first-order valence-electron chi connectivity index (χ1n) is 0.986. The van der Waals surface area contributed by atoms with Crippen LogP contribution in [0, 0.1) is 0 Å². The number of rotatable bonds is 0. The summed E-state index contributed by atoms with van der Waals surface area (Å²) in [6.07, 6.45) is 0. The number of halogens is 1. The molecule has 0 aromatic carbocycles. The zero-order valence-corrected chi connectivity index (χ0v) is 4.69. The fraction of sp³-hybridized carbons (Fsp3) is 0. The molecule has 2 heteroatoms. The molecule has 0 N–H and O–H groups in total. The summed E-state index contributed by atoms with van der Waals surface area (Å²) in [5.41, 5.74) is 1.89. The van der Waals surface area contributed by atoms with Crippen molar-refractivity contribution in [3.05, 3.63) is 12.3 Å². The van der Waals surface area contributed by atoms with Crippen LogP contribution in [0.3, 0.4) is 0 Å². The lowest BCUT2D eigenvalue weighted by atomic mass is 11.3. The molecule has 0 atom stereocenters. The Balaban J connectivity index is 0. The van der Waals surface area contributed by atoms with Gasteiger partial charge in [-0.3, -0.25) is 4.70 Å². The first-order valence-corrected chi connectivity index (χ1v) is 2.14.